The molecule has 0 saturated carbocycles. The summed E-state index contributed by atoms with van der Waals surface area (Å²) in [5.74, 6) is 0.961. The quantitative estimate of drug-likeness (QED) is 0.757. The van der Waals surface area contributed by atoms with E-state index in [4.69, 9.17) is 9.47 Å². The highest BCUT2D eigenvalue weighted by Gasteiger charge is 2.15. The Labute approximate surface area is 91.2 Å². The molecule has 0 radical (unpaired) electrons. The summed E-state index contributed by atoms with van der Waals surface area (Å²) < 4.78 is 11.2. The van der Waals surface area contributed by atoms with Gasteiger partial charge in [-0.25, -0.2) is 0 Å². The Kier molecular flexibility index (Phi) is 3.27. The Morgan fingerprint density at radius 2 is 2.00 bits per heavy atom. The maximum atomic E-state index is 5.73. The monoisotopic (exact) mass is 206 g/mol. The standard InChI is InChI=1S/C13H18O2/c1-10-6-11(2)8-13(7-10)15-9-12-4-3-5-14-12/h6-8,12H,3-5,9H2,1-2H3. The van der Waals surface area contributed by atoms with Crippen LogP contribution in [0.3, 0.4) is 0 Å². The number of hydrogen-bond donors (Lipinski definition) is 0. The van der Waals surface area contributed by atoms with Gasteiger partial charge in [-0.2, -0.15) is 0 Å². The van der Waals surface area contributed by atoms with Gasteiger partial charge in [-0.15, -0.1) is 0 Å². The minimum absolute atomic E-state index is 0.297. The van der Waals surface area contributed by atoms with Crippen molar-refractivity contribution in [2.24, 2.45) is 0 Å². The fraction of sp³-hybridized carbons (Fsp3) is 0.538. The lowest BCUT2D eigenvalue weighted by molar-refractivity contribution is 0.0679. The Morgan fingerprint density at radius 1 is 1.27 bits per heavy atom. The summed E-state index contributed by atoms with van der Waals surface area (Å²) in [6.45, 7) is 5.75. The van der Waals surface area contributed by atoms with E-state index in [2.05, 4.69) is 32.0 Å². The molecule has 1 unspecified atom stereocenters. The fourth-order valence-electron chi connectivity index (χ4n) is 1.98. The van der Waals surface area contributed by atoms with E-state index in [1.807, 2.05) is 0 Å². The molecule has 1 heterocycles. The molecule has 1 aromatic rings. The highest BCUT2D eigenvalue weighted by atomic mass is 16.5. The van der Waals surface area contributed by atoms with Crippen LogP contribution in [0, 0.1) is 13.8 Å². The molecule has 1 aromatic carbocycles. The van der Waals surface area contributed by atoms with Gasteiger partial charge < -0.3 is 9.47 Å². The predicted molar refractivity (Wildman–Crippen MR) is 60.4 cm³/mol. The van der Waals surface area contributed by atoms with Crippen LogP contribution in [-0.4, -0.2) is 19.3 Å². The van der Waals surface area contributed by atoms with E-state index >= 15 is 0 Å². The second kappa shape index (κ2) is 4.67. The summed E-state index contributed by atoms with van der Waals surface area (Å²) in [6.07, 6.45) is 2.59. The summed E-state index contributed by atoms with van der Waals surface area (Å²) in [4.78, 5) is 0. The maximum Gasteiger partial charge on any atom is 0.119 e. The first-order chi connectivity index (χ1) is 7.24. The van der Waals surface area contributed by atoms with Crippen LogP contribution in [0.5, 0.6) is 5.75 Å². The molecule has 1 fully saturated rings. The Morgan fingerprint density at radius 3 is 2.60 bits per heavy atom. The molecule has 2 nitrogen and oxygen atoms in total. The summed E-state index contributed by atoms with van der Waals surface area (Å²) >= 11 is 0. The van der Waals surface area contributed by atoms with Crippen LogP contribution in [0.25, 0.3) is 0 Å². The summed E-state index contributed by atoms with van der Waals surface area (Å²) in [6, 6.07) is 6.29. The minimum atomic E-state index is 0.297. The van der Waals surface area contributed by atoms with Crippen LogP contribution in [0.4, 0.5) is 0 Å². The SMILES string of the molecule is Cc1cc(C)cc(OCC2CCCO2)c1. The third-order valence-corrected chi connectivity index (χ3v) is 2.66. The van der Waals surface area contributed by atoms with Crippen molar-refractivity contribution in [1.82, 2.24) is 0 Å². The molecule has 1 saturated heterocycles. The third kappa shape index (κ3) is 2.96. The zero-order chi connectivity index (χ0) is 10.7. The van der Waals surface area contributed by atoms with Gasteiger partial charge >= 0.3 is 0 Å². The van der Waals surface area contributed by atoms with Gasteiger partial charge in [-0.05, 0) is 49.9 Å². The normalized spacial score (nSPS) is 20.5. The summed E-state index contributed by atoms with van der Waals surface area (Å²) in [7, 11) is 0. The van der Waals surface area contributed by atoms with Crippen molar-refractivity contribution in [2.75, 3.05) is 13.2 Å². The molecular weight excluding hydrogens is 188 g/mol. The molecule has 1 aliphatic rings. The van der Waals surface area contributed by atoms with Gasteiger partial charge in [0, 0.05) is 6.61 Å². The molecule has 2 heteroatoms. The lowest BCUT2D eigenvalue weighted by Crippen LogP contribution is -2.16. The highest BCUT2D eigenvalue weighted by molar-refractivity contribution is 5.32. The number of aryl methyl sites for hydroxylation is 2. The molecule has 1 aliphatic heterocycles. The van der Waals surface area contributed by atoms with Gasteiger partial charge in [0.15, 0.2) is 0 Å². The molecule has 0 bridgehead atoms. The van der Waals surface area contributed by atoms with Gasteiger partial charge in [-0.1, -0.05) is 6.07 Å². The average Bonchev–Trinajstić information content (AvgIpc) is 2.65. The minimum Gasteiger partial charge on any atom is -0.491 e. The van der Waals surface area contributed by atoms with E-state index in [1.54, 1.807) is 0 Å². The molecular formula is C13H18O2. The maximum absolute atomic E-state index is 5.73. The van der Waals surface area contributed by atoms with Crippen LogP contribution in [0.15, 0.2) is 18.2 Å². The van der Waals surface area contributed by atoms with Crippen LogP contribution < -0.4 is 4.74 Å². The van der Waals surface area contributed by atoms with E-state index in [1.165, 1.54) is 17.5 Å². The number of hydrogen-bond acceptors (Lipinski definition) is 2. The van der Waals surface area contributed by atoms with Crippen molar-refractivity contribution in [3.8, 4) is 5.75 Å². The molecule has 0 aliphatic carbocycles. The molecule has 0 N–H and O–H groups in total. The van der Waals surface area contributed by atoms with E-state index in [0.29, 0.717) is 12.7 Å². The average molecular weight is 206 g/mol. The van der Waals surface area contributed by atoms with Gasteiger partial charge in [0.1, 0.15) is 12.4 Å². The lowest BCUT2D eigenvalue weighted by Gasteiger charge is -2.12. The number of rotatable bonds is 3. The van der Waals surface area contributed by atoms with Crippen LogP contribution in [0.2, 0.25) is 0 Å². The largest absolute Gasteiger partial charge is 0.491 e. The van der Waals surface area contributed by atoms with Crippen molar-refractivity contribution < 1.29 is 9.47 Å². The van der Waals surface area contributed by atoms with Crippen molar-refractivity contribution >= 4 is 0 Å². The van der Waals surface area contributed by atoms with E-state index in [9.17, 15) is 0 Å². The molecule has 2 rings (SSSR count). The van der Waals surface area contributed by atoms with Crippen molar-refractivity contribution in [3.63, 3.8) is 0 Å². The molecule has 15 heavy (non-hydrogen) atoms. The lowest BCUT2D eigenvalue weighted by atomic mass is 10.1. The molecule has 1 atom stereocenters. The Bertz CT molecular complexity index is 307. The summed E-state index contributed by atoms with van der Waals surface area (Å²) in [5, 5.41) is 0. The molecule has 0 spiro atoms. The highest BCUT2D eigenvalue weighted by Crippen LogP contribution is 2.18. The smallest absolute Gasteiger partial charge is 0.119 e. The van der Waals surface area contributed by atoms with Gasteiger partial charge in [0.05, 0.1) is 6.10 Å². The van der Waals surface area contributed by atoms with Crippen LogP contribution in [0.1, 0.15) is 24.0 Å². The van der Waals surface area contributed by atoms with Crippen molar-refractivity contribution in [3.05, 3.63) is 29.3 Å². The van der Waals surface area contributed by atoms with Crippen LogP contribution >= 0.6 is 0 Å². The number of benzene rings is 1. The van der Waals surface area contributed by atoms with Crippen molar-refractivity contribution in [2.45, 2.75) is 32.8 Å². The van der Waals surface area contributed by atoms with E-state index in [-0.39, 0.29) is 0 Å². The Balaban J connectivity index is 1.92. The topological polar surface area (TPSA) is 18.5 Å². The molecule has 0 amide bonds. The Hall–Kier alpha value is -1.02. The first kappa shape index (κ1) is 10.5. The molecule has 82 valence electrons. The zero-order valence-corrected chi connectivity index (χ0v) is 9.45. The third-order valence-electron chi connectivity index (χ3n) is 2.66. The number of ether oxygens (including phenoxy) is 2. The second-order valence-electron chi connectivity index (χ2n) is 4.27. The van der Waals surface area contributed by atoms with E-state index in [0.717, 1.165) is 18.8 Å². The fourth-order valence-corrected chi connectivity index (χ4v) is 1.98. The molecule has 0 aromatic heterocycles. The van der Waals surface area contributed by atoms with Gasteiger partial charge in [0.25, 0.3) is 0 Å². The van der Waals surface area contributed by atoms with Gasteiger partial charge in [-0.3, -0.25) is 0 Å². The van der Waals surface area contributed by atoms with E-state index < -0.39 is 0 Å². The van der Waals surface area contributed by atoms with Crippen LogP contribution in [-0.2, 0) is 4.74 Å². The summed E-state index contributed by atoms with van der Waals surface area (Å²) in [5.41, 5.74) is 2.50. The van der Waals surface area contributed by atoms with Crippen molar-refractivity contribution in [1.29, 1.82) is 0 Å². The van der Waals surface area contributed by atoms with Gasteiger partial charge in [0.2, 0.25) is 0 Å². The first-order valence-corrected chi connectivity index (χ1v) is 5.57. The zero-order valence-electron chi connectivity index (χ0n) is 9.45. The second-order valence-corrected chi connectivity index (χ2v) is 4.27. The first-order valence-electron chi connectivity index (χ1n) is 5.57. The predicted octanol–water partition coefficient (Wildman–Crippen LogP) is 2.86.